The van der Waals surface area contributed by atoms with Crippen molar-refractivity contribution < 1.29 is 0 Å². The van der Waals surface area contributed by atoms with Gasteiger partial charge in [-0.25, -0.2) is 0 Å². The second-order valence-electron chi connectivity index (χ2n) is 5.41. The Morgan fingerprint density at radius 3 is 2.79 bits per heavy atom. The van der Waals surface area contributed by atoms with Crippen LogP contribution in [0.1, 0.15) is 44.9 Å². The average molecular weight is 187 g/mol. The van der Waals surface area contributed by atoms with Gasteiger partial charge in [0.15, 0.2) is 0 Å². The van der Waals surface area contributed by atoms with E-state index in [4.69, 9.17) is 0 Å². The Morgan fingerprint density at radius 1 is 1.14 bits per heavy atom. The molecular formula is C13H17N. The maximum atomic E-state index is 9.18. The maximum absolute atomic E-state index is 9.18. The van der Waals surface area contributed by atoms with Crippen molar-refractivity contribution in [2.75, 3.05) is 0 Å². The number of allylic oxidation sites excluding steroid dienone is 2. The largest absolute Gasteiger partial charge is 0.198 e. The van der Waals surface area contributed by atoms with Gasteiger partial charge in [0, 0.05) is 0 Å². The Bertz CT molecular complexity index is 325. The van der Waals surface area contributed by atoms with Gasteiger partial charge < -0.3 is 0 Å². The minimum atomic E-state index is 0.368. The molecule has 0 bridgehead atoms. The second-order valence-corrected chi connectivity index (χ2v) is 5.41. The van der Waals surface area contributed by atoms with Crippen molar-refractivity contribution in [3.05, 3.63) is 12.2 Å². The summed E-state index contributed by atoms with van der Waals surface area (Å²) >= 11 is 0. The van der Waals surface area contributed by atoms with E-state index < -0.39 is 0 Å². The SMILES string of the molecule is N#C[C@H]1C[C@]23CC=CC[C@@]12CCCC3. The highest BCUT2D eigenvalue weighted by molar-refractivity contribution is 5.24. The zero-order chi connectivity index (χ0) is 9.65. The Balaban J connectivity index is 2.01. The van der Waals surface area contributed by atoms with E-state index in [1.54, 1.807) is 0 Å². The number of nitrogens with zero attached hydrogens (tertiary/aromatic N) is 1. The summed E-state index contributed by atoms with van der Waals surface area (Å²) in [5, 5.41) is 9.18. The van der Waals surface area contributed by atoms with Gasteiger partial charge in [0.1, 0.15) is 0 Å². The van der Waals surface area contributed by atoms with Crippen LogP contribution in [0, 0.1) is 28.1 Å². The molecule has 2 saturated carbocycles. The third-order valence-corrected chi connectivity index (χ3v) is 5.16. The van der Waals surface area contributed by atoms with Crippen LogP contribution in [0.15, 0.2) is 12.2 Å². The molecule has 0 saturated heterocycles. The maximum Gasteiger partial charge on any atom is 0.0662 e. The molecule has 14 heavy (non-hydrogen) atoms. The van der Waals surface area contributed by atoms with Crippen molar-refractivity contribution in [3.63, 3.8) is 0 Å². The molecule has 0 aromatic rings. The summed E-state index contributed by atoms with van der Waals surface area (Å²) in [5.74, 6) is 0.368. The van der Waals surface area contributed by atoms with Crippen LogP contribution in [-0.2, 0) is 0 Å². The van der Waals surface area contributed by atoms with E-state index in [-0.39, 0.29) is 0 Å². The molecule has 0 spiro atoms. The summed E-state index contributed by atoms with van der Waals surface area (Å²) in [6, 6.07) is 2.55. The number of rotatable bonds is 0. The van der Waals surface area contributed by atoms with Crippen LogP contribution in [0.3, 0.4) is 0 Å². The highest BCUT2D eigenvalue weighted by Gasteiger charge is 2.65. The number of hydrogen-bond donors (Lipinski definition) is 0. The van der Waals surface area contributed by atoms with E-state index >= 15 is 0 Å². The fourth-order valence-corrected chi connectivity index (χ4v) is 4.34. The number of hydrogen-bond acceptors (Lipinski definition) is 1. The van der Waals surface area contributed by atoms with E-state index in [1.165, 1.54) is 44.9 Å². The fourth-order valence-electron chi connectivity index (χ4n) is 4.34. The molecule has 3 aliphatic rings. The quantitative estimate of drug-likeness (QED) is 0.533. The summed E-state index contributed by atoms with van der Waals surface area (Å²) in [7, 11) is 0. The average Bonchev–Trinajstić information content (AvgIpc) is 2.21. The van der Waals surface area contributed by atoms with Crippen molar-refractivity contribution >= 4 is 0 Å². The molecule has 3 atom stereocenters. The normalized spacial score (nSPS) is 49.8. The lowest BCUT2D eigenvalue weighted by molar-refractivity contribution is -0.155. The van der Waals surface area contributed by atoms with Crippen molar-refractivity contribution in [2.24, 2.45) is 16.7 Å². The Kier molecular flexibility index (Phi) is 1.60. The molecule has 0 aromatic carbocycles. The van der Waals surface area contributed by atoms with Gasteiger partial charge in [-0.15, -0.1) is 0 Å². The van der Waals surface area contributed by atoms with E-state index in [1.807, 2.05) is 0 Å². The van der Waals surface area contributed by atoms with Gasteiger partial charge in [-0.2, -0.15) is 5.26 Å². The van der Waals surface area contributed by atoms with Crippen LogP contribution in [0.2, 0.25) is 0 Å². The highest BCUT2D eigenvalue weighted by atomic mass is 14.7. The zero-order valence-corrected chi connectivity index (χ0v) is 8.63. The monoisotopic (exact) mass is 187 g/mol. The van der Waals surface area contributed by atoms with E-state index in [9.17, 15) is 5.26 Å². The van der Waals surface area contributed by atoms with Gasteiger partial charge in [-0.1, -0.05) is 25.0 Å². The first-order valence-corrected chi connectivity index (χ1v) is 5.88. The van der Waals surface area contributed by atoms with Crippen molar-refractivity contribution in [2.45, 2.75) is 44.9 Å². The van der Waals surface area contributed by atoms with Crippen LogP contribution >= 0.6 is 0 Å². The lowest BCUT2D eigenvalue weighted by atomic mass is 9.36. The van der Waals surface area contributed by atoms with Crippen molar-refractivity contribution in [1.82, 2.24) is 0 Å². The minimum Gasteiger partial charge on any atom is -0.198 e. The molecule has 0 radical (unpaired) electrons. The highest BCUT2D eigenvalue weighted by Crippen LogP contribution is 2.72. The second kappa shape index (κ2) is 2.63. The first-order chi connectivity index (χ1) is 6.83. The van der Waals surface area contributed by atoms with Crippen molar-refractivity contribution in [3.8, 4) is 6.07 Å². The molecule has 0 aliphatic heterocycles. The summed E-state index contributed by atoms with van der Waals surface area (Å²) in [4.78, 5) is 0. The first kappa shape index (κ1) is 8.53. The number of nitriles is 1. The van der Waals surface area contributed by atoms with Crippen LogP contribution in [0.25, 0.3) is 0 Å². The molecule has 1 heteroatoms. The summed E-state index contributed by atoms with van der Waals surface area (Å²) in [6.45, 7) is 0. The van der Waals surface area contributed by atoms with Crippen LogP contribution < -0.4 is 0 Å². The molecular weight excluding hydrogens is 170 g/mol. The Morgan fingerprint density at radius 2 is 1.93 bits per heavy atom. The van der Waals surface area contributed by atoms with Gasteiger partial charge in [0.25, 0.3) is 0 Å². The molecule has 0 heterocycles. The third kappa shape index (κ3) is 0.764. The standard InChI is InChI=1S/C13H17N/c14-10-11-9-12-5-1-3-7-13(11,12)8-4-2-6-12/h1,3,11H,2,4-9H2/t11-,12-,13-/m1/s1. The first-order valence-electron chi connectivity index (χ1n) is 5.88. The Labute approximate surface area is 85.8 Å². The molecule has 1 nitrogen and oxygen atoms in total. The summed E-state index contributed by atoms with van der Waals surface area (Å²) in [5.41, 5.74) is 0.967. The molecule has 3 aliphatic carbocycles. The lowest BCUT2D eigenvalue weighted by Crippen LogP contribution is -2.60. The smallest absolute Gasteiger partial charge is 0.0662 e. The van der Waals surface area contributed by atoms with Gasteiger partial charge in [0.2, 0.25) is 0 Å². The molecule has 0 amide bonds. The lowest BCUT2D eigenvalue weighted by Gasteiger charge is -2.66. The van der Waals surface area contributed by atoms with Gasteiger partial charge in [-0.3, -0.25) is 0 Å². The van der Waals surface area contributed by atoms with Gasteiger partial charge in [0.05, 0.1) is 12.0 Å². The van der Waals surface area contributed by atoms with E-state index in [0.29, 0.717) is 16.7 Å². The van der Waals surface area contributed by atoms with Gasteiger partial charge >= 0.3 is 0 Å². The molecule has 0 aromatic heterocycles. The Hall–Kier alpha value is -0.770. The zero-order valence-electron chi connectivity index (χ0n) is 8.63. The molecule has 0 unspecified atom stereocenters. The summed E-state index contributed by atoms with van der Waals surface area (Å²) in [6.07, 6.45) is 13.8. The molecule has 74 valence electrons. The molecule has 3 rings (SSSR count). The topological polar surface area (TPSA) is 23.8 Å². The van der Waals surface area contributed by atoms with E-state index in [2.05, 4.69) is 18.2 Å². The summed E-state index contributed by atoms with van der Waals surface area (Å²) < 4.78 is 0. The molecule has 0 N–H and O–H groups in total. The fraction of sp³-hybridized carbons (Fsp3) is 0.769. The van der Waals surface area contributed by atoms with Crippen LogP contribution in [0.5, 0.6) is 0 Å². The third-order valence-electron chi connectivity index (χ3n) is 5.16. The van der Waals surface area contributed by atoms with Crippen LogP contribution in [-0.4, -0.2) is 0 Å². The van der Waals surface area contributed by atoms with Gasteiger partial charge in [-0.05, 0) is 42.9 Å². The predicted molar refractivity (Wildman–Crippen MR) is 55.4 cm³/mol. The van der Waals surface area contributed by atoms with Crippen LogP contribution in [0.4, 0.5) is 0 Å². The van der Waals surface area contributed by atoms with Crippen molar-refractivity contribution in [1.29, 1.82) is 5.26 Å². The molecule has 2 fully saturated rings. The minimum absolute atomic E-state index is 0.368. The van der Waals surface area contributed by atoms with E-state index in [0.717, 1.165) is 0 Å². The predicted octanol–water partition coefficient (Wildman–Crippen LogP) is 3.43.